The number of carbonyl (C=O) groups is 1. The number of aliphatic hydroxyl groups is 1. The van der Waals surface area contributed by atoms with Gasteiger partial charge in [-0.05, 0) is 43.5 Å². The maximum absolute atomic E-state index is 12.7. The van der Waals surface area contributed by atoms with Crippen LogP contribution in [0.15, 0.2) is 36.7 Å². The molecule has 7 heteroatoms. The summed E-state index contributed by atoms with van der Waals surface area (Å²) >= 11 is 0. The highest BCUT2D eigenvalue weighted by Gasteiger charge is 2.24. The lowest BCUT2D eigenvalue weighted by molar-refractivity contribution is -0.123. The molecule has 0 saturated carbocycles. The molecule has 0 amide bonds. The number of hydrogen-bond acceptors (Lipinski definition) is 6. The third-order valence-corrected chi connectivity index (χ3v) is 5.49. The van der Waals surface area contributed by atoms with Crippen LogP contribution in [-0.4, -0.2) is 62.0 Å². The Hall–Kier alpha value is -2.64. The first-order chi connectivity index (χ1) is 13.6. The molecule has 0 atom stereocenters. The maximum Gasteiger partial charge on any atom is 0.142 e. The molecule has 4 rings (SSSR count). The number of nitrogens with zero attached hydrogens (tertiary/aromatic N) is 5. The van der Waals surface area contributed by atoms with Gasteiger partial charge >= 0.3 is 0 Å². The smallest absolute Gasteiger partial charge is 0.142 e. The van der Waals surface area contributed by atoms with Crippen molar-refractivity contribution in [2.75, 3.05) is 26.2 Å². The van der Waals surface area contributed by atoms with Crippen molar-refractivity contribution in [2.24, 2.45) is 13.0 Å². The van der Waals surface area contributed by atoms with Gasteiger partial charge in [0.25, 0.3) is 0 Å². The molecule has 0 spiro atoms. The maximum atomic E-state index is 12.7. The average molecular weight is 379 g/mol. The number of likely N-dealkylation sites (tertiary alicyclic amines) is 1. The topological polar surface area (TPSA) is 84.1 Å². The van der Waals surface area contributed by atoms with Crippen LogP contribution in [0, 0.1) is 5.92 Å². The molecule has 3 heterocycles. The number of fused-ring (bicyclic) bond motifs is 1. The van der Waals surface area contributed by atoms with Crippen molar-refractivity contribution in [3.8, 4) is 11.3 Å². The zero-order valence-corrected chi connectivity index (χ0v) is 16.1. The van der Waals surface area contributed by atoms with Gasteiger partial charge < -0.3 is 10.0 Å². The van der Waals surface area contributed by atoms with Crippen molar-refractivity contribution >= 4 is 16.6 Å². The van der Waals surface area contributed by atoms with Crippen LogP contribution in [0.1, 0.15) is 18.5 Å². The summed E-state index contributed by atoms with van der Waals surface area (Å²) in [5, 5.41) is 19.3. The lowest BCUT2D eigenvalue weighted by Crippen LogP contribution is -2.38. The van der Waals surface area contributed by atoms with Gasteiger partial charge in [-0.15, -0.1) is 5.10 Å². The quantitative estimate of drug-likeness (QED) is 0.704. The van der Waals surface area contributed by atoms with Crippen LogP contribution in [-0.2, 0) is 18.3 Å². The lowest BCUT2D eigenvalue weighted by atomic mass is 9.90. The summed E-state index contributed by atoms with van der Waals surface area (Å²) in [5.41, 5.74) is 2.64. The Kier molecular flexibility index (Phi) is 5.45. The summed E-state index contributed by atoms with van der Waals surface area (Å²) in [6.07, 6.45) is 5.82. The summed E-state index contributed by atoms with van der Waals surface area (Å²) in [6.45, 7) is 2.63. The molecule has 28 heavy (non-hydrogen) atoms. The monoisotopic (exact) mass is 379 g/mol. The van der Waals surface area contributed by atoms with Gasteiger partial charge in [0.1, 0.15) is 11.5 Å². The Morgan fingerprint density at radius 3 is 2.75 bits per heavy atom. The van der Waals surface area contributed by atoms with E-state index in [-0.39, 0.29) is 18.3 Å². The van der Waals surface area contributed by atoms with E-state index >= 15 is 0 Å². The standard InChI is InChI=1S/C21H25N5O2/c1-25-14-20(23-24-25)16-2-3-17-13-22-19(11-18(17)10-16)12-21(28)15-4-6-26(7-5-15)8-9-27/h2-3,10-11,13-15,27H,4-9,12H2,1H3. The Morgan fingerprint density at radius 1 is 1.21 bits per heavy atom. The third-order valence-electron chi connectivity index (χ3n) is 5.49. The fourth-order valence-corrected chi connectivity index (χ4v) is 3.86. The van der Waals surface area contributed by atoms with E-state index < -0.39 is 0 Å². The largest absolute Gasteiger partial charge is 0.395 e. The van der Waals surface area contributed by atoms with E-state index in [0.29, 0.717) is 13.0 Å². The summed E-state index contributed by atoms with van der Waals surface area (Å²) in [6, 6.07) is 8.12. The van der Waals surface area contributed by atoms with Gasteiger partial charge in [-0.2, -0.15) is 0 Å². The predicted molar refractivity (Wildman–Crippen MR) is 107 cm³/mol. The summed E-state index contributed by atoms with van der Waals surface area (Å²) in [5.74, 6) is 0.360. The molecule has 1 aliphatic rings. The van der Waals surface area contributed by atoms with Gasteiger partial charge in [-0.25, -0.2) is 0 Å². The van der Waals surface area contributed by atoms with E-state index in [1.165, 1.54) is 0 Å². The number of hydrogen-bond donors (Lipinski definition) is 1. The van der Waals surface area contributed by atoms with Gasteiger partial charge in [-0.1, -0.05) is 17.3 Å². The van der Waals surface area contributed by atoms with Crippen LogP contribution in [0.3, 0.4) is 0 Å². The second-order valence-corrected chi connectivity index (χ2v) is 7.50. The Labute approximate surface area is 164 Å². The average Bonchev–Trinajstić information content (AvgIpc) is 3.14. The van der Waals surface area contributed by atoms with E-state index in [9.17, 15) is 4.79 Å². The fraction of sp³-hybridized carbons (Fsp3) is 0.429. The molecule has 1 fully saturated rings. The van der Waals surface area contributed by atoms with E-state index in [4.69, 9.17) is 5.11 Å². The molecule has 1 saturated heterocycles. The van der Waals surface area contributed by atoms with Crippen LogP contribution >= 0.6 is 0 Å². The van der Waals surface area contributed by atoms with Gasteiger partial charge in [0.05, 0.1) is 12.8 Å². The third kappa shape index (κ3) is 4.10. The number of aliphatic hydroxyl groups excluding tert-OH is 1. The molecule has 0 aliphatic carbocycles. The summed E-state index contributed by atoms with van der Waals surface area (Å²) < 4.78 is 1.68. The highest BCUT2D eigenvalue weighted by Crippen LogP contribution is 2.24. The van der Waals surface area contributed by atoms with Crippen molar-refractivity contribution < 1.29 is 9.90 Å². The molecule has 0 radical (unpaired) electrons. The second kappa shape index (κ2) is 8.16. The van der Waals surface area contributed by atoms with Crippen molar-refractivity contribution in [3.63, 3.8) is 0 Å². The first-order valence-electron chi connectivity index (χ1n) is 9.73. The minimum atomic E-state index is 0.0957. The molecule has 0 bridgehead atoms. The lowest BCUT2D eigenvalue weighted by Gasteiger charge is -2.30. The van der Waals surface area contributed by atoms with Gasteiger partial charge in [0.2, 0.25) is 0 Å². The van der Waals surface area contributed by atoms with Crippen molar-refractivity contribution in [1.29, 1.82) is 0 Å². The minimum absolute atomic E-state index is 0.0957. The van der Waals surface area contributed by atoms with Crippen molar-refractivity contribution in [3.05, 3.63) is 42.4 Å². The van der Waals surface area contributed by atoms with Crippen LogP contribution in [0.2, 0.25) is 0 Å². The van der Waals surface area contributed by atoms with E-state index in [0.717, 1.165) is 53.7 Å². The first kappa shape index (κ1) is 18.7. The van der Waals surface area contributed by atoms with E-state index in [2.05, 4.69) is 26.3 Å². The molecule has 1 aromatic carbocycles. The van der Waals surface area contributed by atoms with Gasteiger partial charge in [0.15, 0.2) is 0 Å². The number of β-amino-alcohol motifs (C(OH)–C–C–N with tert-alkyl or cyclic N) is 1. The number of carbonyl (C=O) groups excluding carboxylic acids is 1. The first-order valence-corrected chi connectivity index (χ1v) is 9.73. The number of Topliss-reactive ketones (excluding diaryl/α,β-unsaturated/α-hetero) is 1. The molecule has 0 unspecified atom stereocenters. The van der Waals surface area contributed by atoms with Crippen LogP contribution in [0.25, 0.3) is 22.0 Å². The summed E-state index contributed by atoms with van der Waals surface area (Å²) in [7, 11) is 1.85. The molecule has 2 aromatic heterocycles. The molecule has 1 N–H and O–H groups in total. The second-order valence-electron chi connectivity index (χ2n) is 7.50. The molecular formula is C21H25N5O2. The number of benzene rings is 1. The zero-order chi connectivity index (χ0) is 19.5. The molecule has 146 valence electrons. The SMILES string of the molecule is Cn1cc(-c2ccc3cnc(CC(=O)C4CCN(CCO)CC4)cc3c2)nn1. The molecule has 7 nitrogen and oxygen atoms in total. The summed E-state index contributed by atoms with van der Waals surface area (Å²) in [4.78, 5) is 19.4. The van der Waals surface area contributed by atoms with E-state index in [1.54, 1.807) is 4.68 Å². The number of aromatic nitrogens is 4. The van der Waals surface area contributed by atoms with Crippen LogP contribution in [0.4, 0.5) is 0 Å². The van der Waals surface area contributed by atoms with Crippen molar-refractivity contribution in [2.45, 2.75) is 19.3 Å². The number of rotatable bonds is 6. The Bertz CT molecular complexity index is 976. The van der Waals surface area contributed by atoms with Crippen LogP contribution in [0.5, 0.6) is 0 Å². The fourth-order valence-electron chi connectivity index (χ4n) is 3.86. The van der Waals surface area contributed by atoms with Gasteiger partial charge in [-0.3, -0.25) is 14.5 Å². The highest BCUT2D eigenvalue weighted by molar-refractivity contribution is 5.88. The number of aryl methyl sites for hydroxylation is 1. The Balaban J connectivity index is 1.47. The van der Waals surface area contributed by atoms with E-state index in [1.807, 2.05) is 37.6 Å². The number of pyridine rings is 1. The molecule has 1 aliphatic heterocycles. The minimum Gasteiger partial charge on any atom is -0.395 e. The Morgan fingerprint density at radius 2 is 2.04 bits per heavy atom. The molecule has 3 aromatic rings. The molecular weight excluding hydrogens is 354 g/mol. The zero-order valence-electron chi connectivity index (χ0n) is 16.1. The predicted octanol–water partition coefficient (Wildman–Crippen LogP) is 1.85. The van der Waals surface area contributed by atoms with Crippen LogP contribution < -0.4 is 0 Å². The number of piperidine rings is 1. The van der Waals surface area contributed by atoms with Crippen molar-refractivity contribution in [1.82, 2.24) is 24.9 Å². The normalized spacial score (nSPS) is 15.9. The van der Waals surface area contributed by atoms with Gasteiger partial charge in [0, 0.05) is 48.8 Å². The highest BCUT2D eigenvalue weighted by atomic mass is 16.3. The number of ketones is 1.